The van der Waals surface area contributed by atoms with Gasteiger partial charge in [-0.05, 0) is 47.5 Å². The van der Waals surface area contributed by atoms with Crippen LogP contribution in [0.3, 0.4) is 0 Å². The molecule has 0 radical (unpaired) electrons. The molecule has 2 heterocycles. The Morgan fingerprint density at radius 1 is 0.917 bits per heavy atom. The molecule has 1 N–H and O–H groups in total. The van der Waals surface area contributed by atoms with Gasteiger partial charge in [-0.15, -0.1) is 0 Å². The number of aromatic nitrogens is 1. The Morgan fingerprint density at radius 2 is 1.53 bits per heavy atom. The Balaban J connectivity index is 1.86. The highest BCUT2D eigenvalue weighted by Gasteiger charge is 2.45. The first-order valence-corrected chi connectivity index (χ1v) is 10.8. The Bertz CT molecular complexity index is 1280. The van der Waals surface area contributed by atoms with Gasteiger partial charge in [-0.25, -0.2) is 0 Å². The molecule has 2 unspecified atom stereocenters. The maximum atomic E-state index is 13.6. The molecule has 0 saturated carbocycles. The van der Waals surface area contributed by atoms with E-state index in [4.69, 9.17) is 0 Å². The molecule has 0 spiro atoms. The number of likely N-dealkylation sites (N-methyl/N-ethyl adjacent to an activating group) is 1. The van der Waals surface area contributed by atoms with Gasteiger partial charge in [0.05, 0.1) is 29.6 Å². The van der Waals surface area contributed by atoms with Crippen molar-refractivity contribution in [3.63, 3.8) is 0 Å². The number of hydrogen-bond acceptors (Lipinski definition) is 2. The van der Waals surface area contributed by atoms with E-state index >= 15 is 0 Å². The van der Waals surface area contributed by atoms with Crippen LogP contribution in [0.1, 0.15) is 50.3 Å². The summed E-state index contributed by atoms with van der Waals surface area (Å²) in [5, 5.41) is 2.72. The zero-order valence-corrected chi connectivity index (χ0v) is 19.1. The van der Waals surface area contributed by atoms with Crippen LogP contribution in [0.2, 0.25) is 0 Å². The number of aryl methyl sites for hydroxylation is 1. The van der Waals surface area contributed by atoms with Gasteiger partial charge in [0.1, 0.15) is 0 Å². The molecule has 2 atom stereocenters. The number of nitrogens with one attached hydrogen (secondary N) is 1. The van der Waals surface area contributed by atoms with Crippen LogP contribution in [0.5, 0.6) is 0 Å². The molecule has 1 aromatic heterocycles. The number of halogens is 6. The van der Waals surface area contributed by atoms with Crippen molar-refractivity contribution in [3.8, 4) is 0 Å². The molecule has 3 aromatic rings. The number of hydrogen-bond donors (Lipinski definition) is 1. The maximum absolute atomic E-state index is 13.6. The predicted octanol–water partition coefficient (Wildman–Crippen LogP) is 5.29. The minimum Gasteiger partial charge on any atom is -0.353 e. The molecular weight excluding hydrogens is 488 g/mol. The molecule has 0 saturated heterocycles. The Labute approximate surface area is 202 Å². The lowest BCUT2D eigenvalue weighted by Gasteiger charge is -2.40. The van der Waals surface area contributed by atoms with Gasteiger partial charge in [0, 0.05) is 31.5 Å². The van der Waals surface area contributed by atoms with E-state index in [2.05, 4.69) is 5.32 Å². The van der Waals surface area contributed by atoms with Gasteiger partial charge in [-0.2, -0.15) is 26.3 Å². The van der Waals surface area contributed by atoms with Crippen LogP contribution in [0.25, 0.3) is 0 Å². The van der Waals surface area contributed by atoms with E-state index in [-0.39, 0.29) is 23.7 Å². The summed E-state index contributed by atoms with van der Waals surface area (Å²) < 4.78 is 83.1. The van der Waals surface area contributed by atoms with Gasteiger partial charge in [0.15, 0.2) is 0 Å². The summed E-state index contributed by atoms with van der Waals surface area (Å²) in [6, 6.07) is 9.32. The monoisotopic (exact) mass is 509 g/mol. The van der Waals surface area contributed by atoms with Gasteiger partial charge in [-0.1, -0.05) is 18.2 Å². The second-order valence-electron chi connectivity index (χ2n) is 8.59. The van der Waals surface area contributed by atoms with E-state index < -0.39 is 52.8 Å². The highest BCUT2D eigenvalue weighted by Crippen LogP contribution is 2.45. The molecule has 1 aliphatic rings. The van der Waals surface area contributed by atoms with E-state index in [9.17, 15) is 35.9 Å². The third-order valence-electron chi connectivity index (χ3n) is 6.31. The van der Waals surface area contributed by atoms with Crippen molar-refractivity contribution in [2.75, 3.05) is 7.05 Å². The van der Waals surface area contributed by atoms with Crippen molar-refractivity contribution in [3.05, 3.63) is 94.3 Å². The molecule has 0 aliphatic carbocycles. The van der Waals surface area contributed by atoms with Crippen LogP contribution in [-0.4, -0.2) is 28.3 Å². The van der Waals surface area contributed by atoms with Gasteiger partial charge in [0.25, 0.3) is 5.91 Å². The second-order valence-corrected chi connectivity index (χ2v) is 8.59. The van der Waals surface area contributed by atoms with E-state index in [1.165, 1.54) is 19.2 Å². The molecule has 190 valence electrons. The summed E-state index contributed by atoms with van der Waals surface area (Å²) >= 11 is 0. The SMILES string of the molecule is CN1C(=O)c2ccccc2C(C(=O)NCc2cccn2C)C1c1cc(C(F)(F)F)cc(C(F)(F)F)c1. The van der Waals surface area contributed by atoms with Gasteiger partial charge in [0.2, 0.25) is 5.91 Å². The van der Waals surface area contributed by atoms with Crippen LogP contribution in [0.15, 0.2) is 60.8 Å². The first kappa shape index (κ1) is 25.3. The van der Waals surface area contributed by atoms with Crippen molar-refractivity contribution >= 4 is 11.8 Å². The van der Waals surface area contributed by atoms with Crippen molar-refractivity contribution in [2.45, 2.75) is 30.9 Å². The molecule has 11 heteroatoms. The second kappa shape index (κ2) is 9.03. The van der Waals surface area contributed by atoms with E-state index in [0.717, 1.165) is 10.6 Å². The highest BCUT2D eigenvalue weighted by molar-refractivity contribution is 6.01. The molecule has 0 bridgehead atoms. The number of carbonyl (C=O) groups excluding carboxylic acids is 2. The summed E-state index contributed by atoms with van der Waals surface area (Å²) in [4.78, 5) is 27.6. The fraction of sp³-hybridized carbons (Fsp3) is 0.280. The van der Waals surface area contributed by atoms with Crippen molar-refractivity contribution in [1.82, 2.24) is 14.8 Å². The van der Waals surface area contributed by atoms with Crippen molar-refractivity contribution < 1.29 is 35.9 Å². The van der Waals surface area contributed by atoms with E-state index in [0.29, 0.717) is 12.1 Å². The average molecular weight is 509 g/mol. The summed E-state index contributed by atoms with van der Waals surface area (Å²) in [6.45, 7) is 0.0712. The van der Waals surface area contributed by atoms with Gasteiger partial charge in [-0.3, -0.25) is 9.59 Å². The lowest BCUT2D eigenvalue weighted by atomic mass is 9.78. The molecule has 2 amide bonds. The fourth-order valence-corrected chi connectivity index (χ4v) is 4.49. The molecule has 4 rings (SSSR count). The third kappa shape index (κ3) is 4.69. The fourth-order valence-electron chi connectivity index (χ4n) is 4.49. The Kier molecular flexibility index (Phi) is 6.36. The largest absolute Gasteiger partial charge is 0.416 e. The summed E-state index contributed by atoms with van der Waals surface area (Å²) in [5.41, 5.74) is -2.38. The lowest BCUT2D eigenvalue weighted by Crippen LogP contribution is -2.45. The third-order valence-corrected chi connectivity index (χ3v) is 6.31. The average Bonchev–Trinajstić information content (AvgIpc) is 3.22. The molecular formula is C25H21F6N3O2. The Morgan fingerprint density at radius 3 is 2.08 bits per heavy atom. The van der Waals surface area contributed by atoms with Crippen LogP contribution < -0.4 is 5.32 Å². The standard InChI is InChI=1S/C25H21F6N3O2/c1-33-9-5-6-17(33)13-32-22(35)20-18-7-3-4-8-19(18)23(36)34(2)21(20)14-10-15(24(26,27)28)12-16(11-14)25(29,30)31/h3-12,20-21H,13H2,1-2H3,(H,32,35). The predicted molar refractivity (Wildman–Crippen MR) is 118 cm³/mol. The van der Waals surface area contributed by atoms with E-state index in [1.54, 1.807) is 42.1 Å². The van der Waals surface area contributed by atoms with Crippen LogP contribution >= 0.6 is 0 Å². The number of alkyl halides is 6. The molecule has 0 fully saturated rings. The maximum Gasteiger partial charge on any atom is 0.416 e. The first-order chi connectivity index (χ1) is 16.8. The zero-order chi connectivity index (χ0) is 26.4. The smallest absolute Gasteiger partial charge is 0.353 e. The van der Waals surface area contributed by atoms with Crippen LogP contribution in [-0.2, 0) is 30.7 Å². The zero-order valence-electron chi connectivity index (χ0n) is 19.1. The molecule has 5 nitrogen and oxygen atoms in total. The van der Waals surface area contributed by atoms with Crippen LogP contribution in [0.4, 0.5) is 26.3 Å². The van der Waals surface area contributed by atoms with E-state index in [1.807, 2.05) is 0 Å². The molecule has 2 aromatic carbocycles. The minimum absolute atomic E-state index is 0.0204. The van der Waals surface area contributed by atoms with Crippen LogP contribution in [0, 0.1) is 0 Å². The number of benzene rings is 2. The first-order valence-electron chi connectivity index (χ1n) is 10.8. The normalized spacial score (nSPS) is 18.2. The summed E-state index contributed by atoms with van der Waals surface area (Å²) in [7, 11) is 3.02. The van der Waals surface area contributed by atoms with Crippen molar-refractivity contribution in [2.24, 2.45) is 7.05 Å². The molecule has 1 aliphatic heterocycles. The molecule has 36 heavy (non-hydrogen) atoms. The number of nitrogens with zero attached hydrogens (tertiary/aromatic N) is 2. The number of carbonyl (C=O) groups is 2. The minimum atomic E-state index is -5.07. The Hall–Kier alpha value is -3.76. The number of fused-ring (bicyclic) bond motifs is 1. The number of rotatable bonds is 4. The number of amides is 2. The quantitative estimate of drug-likeness (QED) is 0.486. The lowest BCUT2D eigenvalue weighted by molar-refractivity contribution is -0.143. The van der Waals surface area contributed by atoms with Gasteiger partial charge < -0.3 is 14.8 Å². The summed E-state index contributed by atoms with van der Waals surface area (Å²) in [6.07, 6.45) is -8.39. The van der Waals surface area contributed by atoms with Gasteiger partial charge >= 0.3 is 12.4 Å². The highest BCUT2D eigenvalue weighted by atomic mass is 19.4. The summed E-state index contributed by atoms with van der Waals surface area (Å²) in [5.74, 6) is -2.51. The topological polar surface area (TPSA) is 54.3 Å². The van der Waals surface area contributed by atoms with Crippen molar-refractivity contribution in [1.29, 1.82) is 0 Å².